The third-order valence-electron chi connectivity index (χ3n) is 2.37. The van der Waals surface area contributed by atoms with Gasteiger partial charge in [-0.25, -0.2) is 4.98 Å². The van der Waals surface area contributed by atoms with E-state index in [0.717, 1.165) is 4.47 Å². The minimum Gasteiger partial charge on any atom is -0.388 e. The fourth-order valence-corrected chi connectivity index (χ4v) is 1.19. The van der Waals surface area contributed by atoms with Crippen LogP contribution < -0.4 is 5.32 Å². The molecule has 5 heteroatoms. The van der Waals surface area contributed by atoms with Crippen molar-refractivity contribution in [2.45, 2.75) is 32.4 Å². The third-order valence-corrected chi connectivity index (χ3v) is 2.84. The third kappa shape index (κ3) is 3.57. The normalized spacial score (nSPS) is 13.3. The van der Waals surface area contributed by atoms with E-state index in [4.69, 9.17) is 0 Å². The summed E-state index contributed by atoms with van der Waals surface area (Å²) in [6, 6.07) is 3.03. The number of hydrogen-bond donors (Lipinski definition) is 2. The van der Waals surface area contributed by atoms with Crippen LogP contribution in [0.25, 0.3) is 0 Å². The predicted molar refractivity (Wildman–Crippen MR) is 65.2 cm³/mol. The second kappa shape index (κ2) is 4.93. The molecule has 1 atom stereocenters. The minimum atomic E-state index is -0.953. The second-order valence-corrected chi connectivity index (χ2v) is 5.13. The molecule has 0 bridgehead atoms. The molecule has 0 aliphatic carbocycles. The molecule has 1 unspecified atom stereocenters. The molecule has 4 nitrogen and oxygen atoms in total. The molecular weight excluding hydrogens is 272 g/mol. The van der Waals surface area contributed by atoms with Crippen molar-refractivity contribution >= 4 is 21.8 Å². The summed E-state index contributed by atoms with van der Waals surface area (Å²) in [5.74, 6) is -0.290. The largest absolute Gasteiger partial charge is 0.388 e. The van der Waals surface area contributed by atoms with E-state index in [2.05, 4.69) is 26.2 Å². The van der Waals surface area contributed by atoms with Crippen molar-refractivity contribution in [3.63, 3.8) is 0 Å². The molecule has 0 saturated carbocycles. The molecule has 0 radical (unpaired) electrons. The van der Waals surface area contributed by atoms with Gasteiger partial charge in [-0.05, 0) is 48.8 Å². The van der Waals surface area contributed by atoms with Crippen LogP contribution in [0.15, 0.2) is 22.8 Å². The molecule has 1 aromatic rings. The Morgan fingerprint density at radius 1 is 1.56 bits per heavy atom. The van der Waals surface area contributed by atoms with Crippen molar-refractivity contribution in [1.29, 1.82) is 0 Å². The Balaban J connectivity index is 2.70. The molecule has 0 saturated heterocycles. The topological polar surface area (TPSA) is 62.2 Å². The molecule has 1 amide bonds. The molecule has 1 heterocycles. The van der Waals surface area contributed by atoms with E-state index in [1.165, 1.54) is 0 Å². The van der Waals surface area contributed by atoms with E-state index in [-0.39, 0.29) is 11.9 Å². The van der Waals surface area contributed by atoms with Gasteiger partial charge in [-0.3, -0.25) is 4.79 Å². The SMILES string of the molecule is CC(NC(=O)c1ccc(Br)cn1)C(C)(C)O. The molecule has 1 aromatic heterocycles. The Labute approximate surface area is 103 Å². The smallest absolute Gasteiger partial charge is 0.270 e. The number of amides is 1. The number of rotatable bonds is 3. The van der Waals surface area contributed by atoms with Crippen molar-refractivity contribution in [3.8, 4) is 0 Å². The number of nitrogens with one attached hydrogen (secondary N) is 1. The van der Waals surface area contributed by atoms with E-state index in [0.29, 0.717) is 5.69 Å². The molecule has 0 fully saturated rings. The summed E-state index contributed by atoms with van der Waals surface area (Å²) in [4.78, 5) is 15.7. The summed E-state index contributed by atoms with van der Waals surface area (Å²) in [5, 5.41) is 12.4. The van der Waals surface area contributed by atoms with E-state index in [9.17, 15) is 9.90 Å². The van der Waals surface area contributed by atoms with Gasteiger partial charge in [-0.15, -0.1) is 0 Å². The molecule has 16 heavy (non-hydrogen) atoms. The zero-order valence-electron chi connectivity index (χ0n) is 9.49. The fraction of sp³-hybridized carbons (Fsp3) is 0.455. The molecule has 1 rings (SSSR count). The Bertz CT molecular complexity index is 371. The zero-order chi connectivity index (χ0) is 12.3. The second-order valence-electron chi connectivity index (χ2n) is 4.21. The minimum absolute atomic E-state index is 0.290. The number of halogens is 1. The highest BCUT2D eigenvalue weighted by atomic mass is 79.9. The van der Waals surface area contributed by atoms with E-state index in [1.54, 1.807) is 39.1 Å². The van der Waals surface area contributed by atoms with Crippen LogP contribution in [0.5, 0.6) is 0 Å². The van der Waals surface area contributed by atoms with Crippen LogP contribution in [-0.4, -0.2) is 27.6 Å². The maximum Gasteiger partial charge on any atom is 0.270 e. The summed E-state index contributed by atoms with van der Waals surface area (Å²) < 4.78 is 0.819. The van der Waals surface area contributed by atoms with E-state index < -0.39 is 5.60 Å². The number of carbonyl (C=O) groups is 1. The van der Waals surface area contributed by atoms with Crippen molar-refractivity contribution in [2.24, 2.45) is 0 Å². The van der Waals surface area contributed by atoms with E-state index in [1.807, 2.05) is 0 Å². The number of hydrogen-bond acceptors (Lipinski definition) is 3. The molecule has 0 aliphatic rings. The molecule has 0 spiro atoms. The summed E-state index contributed by atoms with van der Waals surface area (Å²) in [6.45, 7) is 5.04. The lowest BCUT2D eigenvalue weighted by atomic mass is 10.0. The number of aromatic nitrogens is 1. The highest BCUT2D eigenvalue weighted by molar-refractivity contribution is 9.10. The molecule has 88 valence electrons. The van der Waals surface area contributed by atoms with Crippen LogP contribution in [0, 0.1) is 0 Å². The van der Waals surface area contributed by atoms with Gasteiger partial charge < -0.3 is 10.4 Å². The summed E-state index contributed by atoms with van der Waals surface area (Å²) in [6.07, 6.45) is 1.56. The van der Waals surface area contributed by atoms with Gasteiger partial charge in [0.15, 0.2) is 0 Å². The maximum atomic E-state index is 11.7. The average Bonchev–Trinajstić information content (AvgIpc) is 2.17. The zero-order valence-corrected chi connectivity index (χ0v) is 11.1. The highest BCUT2D eigenvalue weighted by Gasteiger charge is 2.24. The Morgan fingerprint density at radius 2 is 2.19 bits per heavy atom. The summed E-state index contributed by atoms with van der Waals surface area (Å²) in [5.41, 5.74) is -0.621. The van der Waals surface area contributed by atoms with Crippen LogP contribution in [0.2, 0.25) is 0 Å². The van der Waals surface area contributed by atoms with Crippen LogP contribution in [-0.2, 0) is 0 Å². The number of aliphatic hydroxyl groups is 1. The summed E-state index contributed by atoms with van der Waals surface area (Å²) >= 11 is 3.24. The van der Waals surface area contributed by atoms with Gasteiger partial charge in [0.1, 0.15) is 5.69 Å². The van der Waals surface area contributed by atoms with Gasteiger partial charge in [0.25, 0.3) is 5.91 Å². The Morgan fingerprint density at radius 3 is 2.62 bits per heavy atom. The van der Waals surface area contributed by atoms with Crippen LogP contribution >= 0.6 is 15.9 Å². The molecule has 2 N–H and O–H groups in total. The number of pyridine rings is 1. The van der Waals surface area contributed by atoms with E-state index >= 15 is 0 Å². The van der Waals surface area contributed by atoms with Gasteiger partial charge in [-0.2, -0.15) is 0 Å². The number of carbonyl (C=O) groups excluding carboxylic acids is 1. The lowest BCUT2D eigenvalue weighted by molar-refractivity contribution is 0.0407. The Hall–Kier alpha value is -0.940. The highest BCUT2D eigenvalue weighted by Crippen LogP contribution is 2.10. The molecular formula is C11H15BrN2O2. The lowest BCUT2D eigenvalue weighted by Crippen LogP contribution is -2.47. The van der Waals surface area contributed by atoms with Crippen molar-refractivity contribution < 1.29 is 9.90 Å². The predicted octanol–water partition coefficient (Wildman–Crippen LogP) is 1.73. The molecule has 0 aromatic carbocycles. The first-order chi connectivity index (χ1) is 7.30. The first kappa shape index (κ1) is 13.1. The standard InChI is InChI=1S/C11H15BrN2O2/c1-7(11(2,3)16)14-10(15)9-5-4-8(12)6-13-9/h4-7,16H,1-3H3,(H,14,15). The molecule has 0 aliphatic heterocycles. The van der Waals surface area contributed by atoms with Crippen LogP contribution in [0.4, 0.5) is 0 Å². The number of nitrogens with zero attached hydrogens (tertiary/aromatic N) is 1. The van der Waals surface area contributed by atoms with Gasteiger partial charge >= 0.3 is 0 Å². The van der Waals surface area contributed by atoms with Crippen molar-refractivity contribution in [1.82, 2.24) is 10.3 Å². The van der Waals surface area contributed by atoms with Crippen molar-refractivity contribution in [3.05, 3.63) is 28.5 Å². The van der Waals surface area contributed by atoms with Gasteiger partial charge in [0.2, 0.25) is 0 Å². The first-order valence-corrected chi connectivity index (χ1v) is 5.75. The maximum absolute atomic E-state index is 11.7. The van der Waals surface area contributed by atoms with Crippen molar-refractivity contribution in [2.75, 3.05) is 0 Å². The summed E-state index contributed by atoms with van der Waals surface area (Å²) in [7, 11) is 0. The monoisotopic (exact) mass is 286 g/mol. The quantitative estimate of drug-likeness (QED) is 0.890. The first-order valence-electron chi connectivity index (χ1n) is 4.95. The van der Waals surface area contributed by atoms with Gasteiger partial charge in [0, 0.05) is 10.7 Å². The van der Waals surface area contributed by atoms with Crippen LogP contribution in [0.1, 0.15) is 31.3 Å². The fourth-order valence-electron chi connectivity index (χ4n) is 0.957. The van der Waals surface area contributed by atoms with Gasteiger partial charge in [0.05, 0.1) is 11.6 Å². The van der Waals surface area contributed by atoms with Crippen LogP contribution in [0.3, 0.4) is 0 Å². The Kier molecular flexibility index (Phi) is 4.04. The lowest BCUT2D eigenvalue weighted by Gasteiger charge is -2.26. The van der Waals surface area contributed by atoms with Gasteiger partial charge in [-0.1, -0.05) is 0 Å². The average molecular weight is 287 g/mol.